The number of aliphatic hydroxyl groups excluding tert-OH is 1. The Kier molecular flexibility index (Phi) is 5.99. The van der Waals surface area contributed by atoms with E-state index in [0.717, 1.165) is 12.8 Å². The van der Waals surface area contributed by atoms with Crippen molar-refractivity contribution in [3.05, 3.63) is 0 Å². The molecule has 5 heteroatoms. The fourth-order valence-electron chi connectivity index (χ4n) is 3.40. The third-order valence-corrected chi connectivity index (χ3v) is 4.47. The molecule has 20 heavy (non-hydrogen) atoms. The minimum absolute atomic E-state index is 0.0576. The fraction of sp³-hybridized carbons (Fsp3) is 0.867. The molecular weight excluding hydrogens is 260 g/mol. The van der Waals surface area contributed by atoms with Gasteiger partial charge in [0, 0.05) is 6.61 Å². The Morgan fingerprint density at radius 1 is 1.20 bits per heavy atom. The van der Waals surface area contributed by atoms with Crippen LogP contribution in [0.2, 0.25) is 0 Å². The van der Waals surface area contributed by atoms with Gasteiger partial charge in [0.05, 0.1) is 13.2 Å². The Balaban J connectivity index is 3.24. The van der Waals surface area contributed by atoms with Gasteiger partial charge in [-0.15, -0.1) is 0 Å². The molecule has 1 rings (SSSR count). The molecule has 0 saturated heterocycles. The Morgan fingerprint density at radius 3 is 2.10 bits per heavy atom. The second-order valence-corrected chi connectivity index (χ2v) is 5.55. The third-order valence-electron chi connectivity index (χ3n) is 4.47. The molecule has 3 atom stereocenters. The summed E-state index contributed by atoms with van der Waals surface area (Å²) in [4.78, 5) is 25.0. The van der Waals surface area contributed by atoms with E-state index in [0.29, 0.717) is 0 Å². The maximum atomic E-state index is 12.5. The molecule has 1 N–H and O–H groups in total. The molecule has 1 fully saturated rings. The van der Waals surface area contributed by atoms with Crippen molar-refractivity contribution in [3.63, 3.8) is 0 Å². The predicted octanol–water partition coefficient (Wildman–Crippen LogP) is 1.77. The van der Waals surface area contributed by atoms with Gasteiger partial charge in [-0.3, -0.25) is 9.59 Å². The van der Waals surface area contributed by atoms with Crippen LogP contribution in [0.3, 0.4) is 0 Å². The van der Waals surface area contributed by atoms with Gasteiger partial charge >= 0.3 is 11.9 Å². The van der Waals surface area contributed by atoms with Crippen LogP contribution in [0.5, 0.6) is 0 Å². The molecular formula is C15H26O5. The van der Waals surface area contributed by atoms with Gasteiger partial charge in [0.15, 0.2) is 5.41 Å². The van der Waals surface area contributed by atoms with Gasteiger partial charge in [0.1, 0.15) is 0 Å². The lowest BCUT2D eigenvalue weighted by molar-refractivity contribution is -0.180. The molecule has 0 spiro atoms. The number of ether oxygens (including phenoxy) is 2. The molecule has 0 aromatic heterocycles. The second-order valence-electron chi connectivity index (χ2n) is 5.55. The van der Waals surface area contributed by atoms with Crippen LogP contribution in [0.1, 0.15) is 40.5 Å². The second kappa shape index (κ2) is 7.07. The maximum absolute atomic E-state index is 12.5. The van der Waals surface area contributed by atoms with Crippen LogP contribution >= 0.6 is 0 Å². The molecule has 1 aliphatic rings. The van der Waals surface area contributed by atoms with Gasteiger partial charge in [-0.25, -0.2) is 0 Å². The lowest BCUT2D eigenvalue weighted by Gasteiger charge is -2.36. The molecule has 5 nitrogen and oxygen atoms in total. The predicted molar refractivity (Wildman–Crippen MR) is 73.8 cm³/mol. The summed E-state index contributed by atoms with van der Waals surface area (Å²) >= 11 is 0. The fourth-order valence-corrected chi connectivity index (χ4v) is 3.40. The Morgan fingerprint density at radius 2 is 1.70 bits per heavy atom. The molecule has 1 saturated carbocycles. The average Bonchev–Trinajstić information content (AvgIpc) is 2.77. The van der Waals surface area contributed by atoms with Crippen LogP contribution in [0.25, 0.3) is 0 Å². The third kappa shape index (κ3) is 2.68. The Labute approximate surface area is 120 Å². The molecule has 0 unspecified atom stereocenters. The van der Waals surface area contributed by atoms with Crippen LogP contribution < -0.4 is 0 Å². The van der Waals surface area contributed by atoms with Gasteiger partial charge in [0.2, 0.25) is 0 Å². The minimum atomic E-state index is -1.27. The first-order valence-corrected chi connectivity index (χ1v) is 7.41. The quantitative estimate of drug-likeness (QED) is 0.595. The van der Waals surface area contributed by atoms with Crippen molar-refractivity contribution in [2.45, 2.75) is 40.5 Å². The standard InChI is InChI=1S/C15H26O5/c1-5-19-13(17)15(14(18)20-6-2)11(4)7-8-12(15)10(3)9-16/h10-12,16H,5-9H2,1-4H3/t10-,11-,12-/m1/s1. The van der Waals surface area contributed by atoms with Crippen LogP contribution in [0.15, 0.2) is 0 Å². The summed E-state index contributed by atoms with van der Waals surface area (Å²) < 4.78 is 10.3. The van der Waals surface area contributed by atoms with E-state index in [9.17, 15) is 14.7 Å². The molecule has 0 amide bonds. The number of hydrogen-bond donors (Lipinski definition) is 1. The molecule has 0 aliphatic heterocycles. The van der Waals surface area contributed by atoms with Gasteiger partial charge in [-0.05, 0) is 44.4 Å². The van der Waals surface area contributed by atoms with Gasteiger partial charge in [-0.1, -0.05) is 13.8 Å². The van der Waals surface area contributed by atoms with Crippen LogP contribution in [-0.4, -0.2) is 36.9 Å². The van der Waals surface area contributed by atoms with E-state index in [4.69, 9.17) is 9.47 Å². The van der Waals surface area contributed by atoms with E-state index < -0.39 is 17.4 Å². The number of carbonyl (C=O) groups is 2. The van der Waals surface area contributed by atoms with E-state index >= 15 is 0 Å². The first-order chi connectivity index (χ1) is 9.46. The van der Waals surface area contributed by atoms with E-state index in [1.807, 2.05) is 13.8 Å². The minimum Gasteiger partial charge on any atom is -0.465 e. The van der Waals surface area contributed by atoms with Gasteiger partial charge in [-0.2, -0.15) is 0 Å². The zero-order valence-electron chi connectivity index (χ0n) is 12.8. The first kappa shape index (κ1) is 17.0. The van der Waals surface area contributed by atoms with E-state index in [-0.39, 0.29) is 37.6 Å². The maximum Gasteiger partial charge on any atom is 0.324 e. The monoisotopic (exact) mass is 286 g/mol. The number of hydrogen-bond acceptors (Lipinski definition) is 5. The van der Waals surface area contributed by atoms with Crippen molar-refractivity contribution in [1.29, 1.82) is 0 Å². The molecule has 116 valence electrons. The summed E-state index contributed by atoms with van der Waals surface area (Å²) in [5, 5.41) is 9.43. The molecule has 1 aliphatic carbocycles. The highest BCUT2D eigenvalue weighted by molar-refractivity contribution is 6.01. The number of rotatable bonds is 6. The zero-order valence-corrected chi connectivity index (χ0v) is 12.8. The Bertz CT molecular complexity index is 334. The number of carbonyl (C=O) groups excluding carboxylic acids is 2. The summed E-state index contributed by atoms with van der Waals surface area (Å²) in [5.41, 5.74) is -1.27. The summed E-state index contributed by atoms with van der Waals surface area (Å²) in [5.74, 6) is -1.53. The van der Waals surface area contributed by atoms with Crippen LogP contribution in [-0.2, 0) is 19.1 Å². The number of esters is 2. The van der Waals surface area contributed by atoms with Crippen molar-refractivity contribution < 1.29 is 24.2 Å². The van der Waals surface area contributed by atoms with E-state index in [1.165, 1.54) is 0 Å². The topological polar surface area (TPSA) is 72.8 Å². The molecule has 0 aromatic carbocycles. The summed E-state index contributed by atoms with van der Waals surface area (Å²) in [6.07, 6.45) is 1.48. The van der Waals surface area contributed by atoms with Gasteiger partial charge < -0.3 is 14.6 Å². The summed E-state index contributed by atoms with van der Waals surface area (Å²) in [6, 6.07) is 0. The van der Waals surface area contributed by atoms with E-state index in [2.05, 4.69) is 0 Å². The SMILES string of the molecule is CCOC(=O)C1(C(=O)OCC)[C@H](C)CC[C@@H]1[C@H](C)CO. The highest BCUT2D eigenvalue weighted by atomic mass is 16.6. The highest BCUT2D eigenvalue weighted by Gasteiger charge is 2.62. The lowest BCUT2D eigenvalue weighted by atomic mass is 9.68. The lowest BCUT2D eigenvalue weighted by Crippen LogP contribution is -2.50. The van der Waals surface area contributed by atoms with Crippen LogP contribution in [0, 0.1) is 23.2 Å². The summed E-state index contributed by atoms with van der Waals surface area (Å²) in [7, 11) is 0. The molecule has 0 aromatic rings. The molecule has 0 heterocycles. The molecule has 0 radical (unpaired) electrons. The van der Waals surface area contributed by atoms with Crippen molar-refractivity contribution in [2.24, 2.45) is 23.2 Å². The Hall–Kier alpha value is -1.10. The normalized spacial score (nSPS) is 26.1. The molecule has 0 bridgehead atoms. The summed E-state index contributed by atoms with van der Waals surface area (Å²) in [6.45, 7) is 7.59. The van der Waals surface area contributed by atoms with Crippen molar-refractivity contribution in [2.75, 3.05) is 19.8 Å². The average molecular weight is 286 g/mol. The van der Waals surface area contributed by atoms with Crippen molar-refractivity contribution >= 4 is 11.9 Å². The highest BCUT2D eigenvalue weighted by Crippen LogP contribution is 2.52. The smallest absolute Gasteiger partial charge is 0.324 e. The van der Waals surface area contributed by atoms with Crippen molar-refractivity contribution in [3.8, 4) is 0 Å². The first-order valence-electron chi connectivity index (χ1n) is 7.41. The van der Waals surface area contributed by atoms with Crippen LogP contribution in [0.4, 0.5) is 0 Å². The van der Waals surface area contributed by atoms with Gasteiger partial charge in [0.25, 0.3) is 0 Å². The number of aliphatic hydroxyl groups is 1. The largest absolute Gasteiger partial charge is 0.465 e. The van der Waals surface area contributed by atoms with Crippen molar-refractivity contribution in [1.82, 2.24) is 0 Å². The zero-order chi connectivity index (χ0) is 15.3. The van der Waals surface area contributed by atoms with E-state index in [1.54, 1.807) is 13.8 Å².